The maximum absolute atomic E-state index is 12.1. The monoisotopic (exact) mass is 366 g/mol. The average molecular weight is 366 g/mol. The van der Waals surface area contributed by atoms with Gasteiger partial charge in [-0.1, -0.05) is 11.8 Å². The highest BCUT2D eigenvalue weighted by molar-refractivity contribution is 8.25. The fourth-order valence-electron chi connectivity index (χ4n) is 3.56. The Kier molecular flexibility index (Phi) is 3.56. The van der Waals surface area contributed by atoms with Gasteiger partial charge >= 0.3 is 5.63 Å². The molecule has 0 spiro atoms. The van der Waals surface area contributed by atoms with Gasteiger partial charge in [-0.15, -0.1) is 0 Å². The van der Waals surface area contributed by atoms with E-state index in [0.717, 1.165) is 35.8 Å². The highest BCUT2D eigenvalue weighted by Gasteiger charge is 2.30. The molecule has 3 aliphatic rings. The lowest BCUT2D eigenvalue weighted by atomic mass is 10.1. The fourth-order valence-corrected chi connectivity index (χ4v) is 4.32. The van der Waals surface area contributed by atoms with Gasteiger partial charge in [-0.3, -0.25) is 9.79 Å². The van der Waals surface area contributed by atoms with E-state index in [9.17, 15) is 9.59 Å². The van der Waals surface area contributed by atoms with Crippen LogP contribution in [0.5, 0.6) is 5.75 Å². The molecule has 2 aliphatic heterocycles. The second-order valence-corrected chi connectivity index (χ2v) is 7.27. The van der Waals surface area contributed by atoms with Gasteiger partial charge in [0, 0.05) is 23.1 Å². The SMILES string of the molecule is O=C1C=C(COc2ccc3c4c(c(=O)oc3c2)CCC4)N=C2SC=N[C@H]12. The van der Waals surface area contributed by atoms with Crippen molar-refractivity contribution in [1.29, 1.82) is 0 Å². The summed E-state index contributed by atoms with van der Waals surface area (Å²) >= 11 is 1.36. The lowest BCUT2D eigenvalue weighted by molar-refractivity contribution is -0.114. The number of rotatable bonds is 3. The van der Waals surface area contributed by atoms with Crippen molar-refractivity contribution in [2.24, 2.45) is 9.98 Å². The lowest BCUT2D eigenvalue weighted by Gasteiger charge is -2.14. The normalized spacial score (nSPS) is 20.8. The van der Waals surface area contributed by atoms with Crippen molar-refractivity contribution in [3.8, 4) is 5.75 Å². The van der Waals surface area contributed by atoms with Crippen LogP contribution in [-0.4, -0.2) is 29.0 Å². The molecule has 3 heterocycles. The molecule has 0 radical (unpaired) electrons. The summed E-state index contributed by atoms with van der Waals surface area (Å²) in [6, 6.07) is 5.04. The third-order valence-electron chi connectivity index (χ3n) is 4.78. The summed E-state index contributed by atoms with van der Waals surface area (Å²) in [6.45, 7) is 0.170. The second-order valence-electron chi connectivity index (χ2n) is 6.41. The number of nitrogens with zero attached hydrogens (tertiary/aromatic N) is 2. The van der Waals surface area contributed by atoms with Gasteiger partial charge in [0.1, 0.15) is 23.0 Å². The van der Waals surface area contributed by atoms with E-state index in [2.05, 4.69) is 9.98 Å². The molecule has 5 rings (SSSR count). The predicted molar refractivity (Wildman–Crippen MR) is 100 cm³/mol. The van der Waals surface area contributed by atoms with Crippen LogP contribution >= 0.6 is 11.8 Å². The van der Waals surface area contributed by atoms with Gasteiger partial charge in [0.15, 0.2) is 11.8 Å². The molecule has 26 heavy (non-hydrogen) atoms. The van der Waals surface area contributed by atoms with E-state index in [1.54, 1.807) is 11.6 Å². The first-order chi connectivity index (χ1) is 12.7. The Morgan fingerprint density at radius 2 is 2.12 bits per heavy atom. The minimum Gasteiger partial charge on any atom is -0.487 e. The Balaban J connectivity index is 1.40. The zero-order chi connectivity index (χ0) is 17.7. The van der Waals surface area contributed by atoms with Crippen LogP contribution in [-0.2, 0) is 17.6 Å². The Morgan fingerprint density at radius 3 is 3.04 bits per heavy atom. The number of thioether (sulfide) groups is 1. The number of hydrogen-bond acceptors (Lipinski definition) is 7. The van der Waals surface area contributed by atoms with Gasteiger partial charge in [-0.05, 0) is 37.0 Å². The molecule has 1 aromatic carbocycles. The first-order valence-electron chi connectivity index (χ1n) is 8.42. The van der Waals surface area contributed by atoms with Crippen LogP contribution in [0, 0.1) is 0 Å². The van der Waals surface area contributed by atoms with Crippen LogP contribution in [0.25, 0.3) is 11.0 Å². The molecule has 0 saturated carbocycles. The molecule has 0 N–H and O–H groups in total. The van der Waals surface area contributed by atoms with E-state index in [0.29, 0.717) is 22.1 Å². The van der Waals surface area contributed by atoms with Crippen molar-refractivity contribution < 1.29 is 13.9 Å². The maximum Gasteiger partial charge on any atom is 0.339 e. The number of carbonyl (C=O) groups is 1. The van der Waals surface area contributed by atoms with E-state index >= 15 is 0 Å². The molecule has 6 nitrogen and oxygen atoms in total. The maximum atomic E-state index is 12.1. The van der Waals surface area contributed by atoms with Crippen LogP contribution in [0.1, 0.15) is 17.5 Å². The van der Waals surface area contributed by atoms with E-state index in [4.69, 9.17) is 9.15 Å². The lowest BCUT2D eigenvalue weighted by Crippen LogP contribution is -2.26. The molecule has 0 amide bonds. The molecule has 130 valence electrons. The van der Waals surface area contributed by atoms with Crippen LogP contribution in [0.2, 0.25) is 0 Å². The van der Waals surface area contributed by atoms with Gasteiger partial charge in [-0.2, -0.15) is 0 Å². The molecule has 1 atom stereocenters. The summed E-state index contributed by atoms with van der Waals surface area (Å²) in [5.41, 5.74) is 4.39. The summed E-state index contributed by atoms with van der Waals surface area (Å²) in [5, 5.41) is 1.66. The van der Waals surface area contributed by atoms with Crippen LogP contribution in [0.3, 0.4) is 0 Å². The number of fused-ring (bicyclic) bond motifs is 4. The van der Waals surface area contributed by atoms with Gasteiger partial charge in [-0.25, -0.2) is 9.79 Å². The molecular weight excluding hydrogens is 352 g/mol. The summed E-state index contributed by atoms with van der Waals surface area (Å²) in [4.78, 5) is 32.6. The first-order valence-corrected chi connectivity index (χ1v) is 9.30. The fraction of sp³-hybridized carbons (Fsp3) is 0.263. The minimum atomic E-state index is -0.471. The van der Waals surface area contributed by atoms with Crippen molar-refractivity contribution in [2.45, 2.75) is 25.3 Å². The Morgan fingerprint density at radius 1 is 1.23 bits per heavy atom. The predicted octanol–water partition coefficient (Wildman–Crippen LogP) is 2.67. The Bertz CT molecular complexity index is 1100. The quantitative estimate of drug-likeness (QED) is 0.780. The molecule has 0 bridgehead atoms. The Labute approximate surface area is 152 Å². The molecule has 1 aromatic heterocycles. The molecule has 0 unspecified atom stereocenters. The van der Waals surface area contributed by atoms with E-state index in [1.165, 1.54) is 17.8 Å². The number of benzene rings is 1. The summed E-state index contributed by atoms with van der Waals surface area (Å²) < 4.78 is 11.2. The van der Waals surface area contributed by atoms with Crippen molar-refractivity contribution in [2.75, 3.05) is 6.61 Å². The van der Waals surface area contributed by atoms with Crippen molar-refractivity contribution in [1.82, 2.24) is 0 Å². The molecular formula is C19H14N2O4S. The molecule has 1 aliphatic carbocycles. The van der Waals surface area contributed by atoms with Crippen LogP contribution in [0.15, 0.2) is 49.2 Å². The highest BCUT2D eigenvalue weighted by Crippen LogP contribution is 2.30. The minimum absolute atomic E-state index is 0.0741. The third-order valence-corrected chi connectivity index (χ3v) is 5.56. The van der Waals surface area contributed by atoms with E-state index in [-0.39, 0.29) is 18.0 Å². The standard InChI is InChI=1S/C19H14N2O4S/c22-15-6-10(21-18-17(15)20-9-26-18)8-24-11-4-5-13-12-2-1-3-14(12)19(23)25-16(13)7-11/h4-7,9,17H,1-3,8H2/t17-/m1/s1. The summed E-state index contributed by atoms with van der Waals surface area (Å²) in [6.07, 6.45) is 4.16. The van der Waals surface area contributed by atoms with E-state index in [1.807, 2.05) is 12.1 Å². The Hall–Kier alpha value is -2.67. The van der Waals surface area contributed by atoms with Crippen LogP contribution < -0.4 is 10.4 Å². The molecule has 7 heteroatoms. The number of ether oxygens (including phenoxy) is 1. The van der Waals surface area contributed by atoms with Crippen molar-refractivity contribution in [3.05, 3.63) is 51.5 Å². The smallest absolute Gasteiger partial charge is 0.339 e. The average Bonchev–Trinajstić information content (AvgIpc) is 3.29. The third kappa shape index (κ3) is 2.50. The highest BCUT2D eigenvalue weighted by atomic mass is 32.2. The molecule has 0 saturated heterocycles. The molecule has 0 fully saturated rings. The van der Waals surface area contributed by atoms with Gasteiger partial charge < -0.3 is 9.15 Å². The first kappa shape index (κ1) is 15.6. The summed E-state index contributed by atoms with van der Waals surface area (Å²) in [5.74, 6) is 0.500. The number of ketones is 1. The zero-order valence-electron chi connectivity index (χ0n) is 13.7. The number of hydrogen-bond donors (Lipinski definition) is 0. The number of carbonyl (C=O) groups excluding carboxylic acids is 1. The summed E-state index contributed by atoms with van der Waals surface area (Å²) in [7, 11) is 0. The number of aliphatic imine (C=N–C) groups is 2. The largest absolute Gasteiger partial charge is 0.487 e. The van der Waals surface area contributed by atoms with Crippen molar-refractivity contribution in [3.63, 3.8) is 0 Å². The van der Waals surface area contributed by atoms with Crippen LogP contribution in [0.4, 0.5) is 0 Å². The molecule has 2 aromatic rings. The zero-order valence-corrected chi connectivity index (χ0v) is 14.5. The van der Waals surface area contributed by atoms with E-state index < -0.39 is 6.04 Å². The number of aryl methyl sites for hydroxylation is 1. The van der Waals surface area contributed by atoms with Gasteiger partial charge in [0.05, 0.1) is 11.2 Å². The second kappa shape index (κ2) is 5.95. The van der Waals surface area contributed by atoms with Crippen molar-refractivity contribution >= 4 is 39.1 Å². The van der Waals surface area contributed by atoms with Gasteiger partial charge in [0.25, 0.3) is 0 Å². The topological polar surface area (TPSA) is 81.2 Å². The van der Waals surface area contributed by atoms with Gasteiger partial charge in [0.2, 0.25) is 0 Å².